The van der Waals surface area contributed by atoms with E-state index in [1.54, 1.807) is 24.3 Å². The molecule has 0 amide bonds. The second-order valence-electron chi connectivity index (χ2n) is 3.23. The highest BCUT2D eigenvalue weighted by molar-refractivity contribution is 6.10. The largest absolute Gasteiger partial charge is 0.497 e. The maximum atomic E-state index is 11.8. The average Bonchev–Trinajstić information content (AvgIpc) is 2.27. The van der Waals surface area contributed by atoms with Crippen LogP contribution in [0.25, 0.3) is 0 Å². The lowest BCUT2D eigenvalue weighted by Crippen LogP contribution is -2.03. The first-order chi connectivity index (χ1) is 7.54. The molecule has 0 aliphatic heterocycles. The van der Waals surface area contributed by atoms with E-state index in [2.05, 4.69) is 0 Å². The molecule has 0 saturated carbocycles. The van der Waals surface area contributed by atoms with Crippen LogP contribution in [0.3, 0.4) is 0 Å². The van der Waals surface area contributed by atoms with Crippen LogP contribution in [0.5, 0.6) is 5.75 Å². The molecule has 0 aliphatic carbocycles. The number of allylic oxidation sites excluding steroid dienone is 1. The van der Waals surface area contributed by atoms with Gasteiger partial charge in [-0.05, 0) is 19.1 Å². The highest BCUT2D eigenvalue weighted by Gasteiger charge is 2.09. The fourth-order valence-electron chi connectivity index (χ4n) is 1.24. The summed E-state index contributed by atoms with van der Waals surface area (Å²) in [5.74, 6) is -0.885. The molecule has 0 aliphatic rings. The van der Waals surface area contributed by atoms with Gasteiger partial charge in [0.25, 0.3) is 0 Å². The smallest absolute Gasteiger partial charge is 0.328 e. The number of carboxylic acids is 1. The number of hydrogen-bond acceptors (Lipinski definition) is 3. The van der Waals surface area contributed by atoms with Gasteiger partial charge in [-0.3, -0.25) is 4.79 Å². The fourth-order valence-corrected chi connectivity index (χ4v) is 1.24. The monoisotopic (exact) mass is 220 g/mol. The van der Waals surface area contributed by atoms with Crippen molar-refractivity contribution in [3.63, 3.8) is 0 Å². The number of carbonyl (C=O) groups excluding carboxylic acids is 1. The van der Waals surface area contributed by atoms with E-state index in [0.29, 0.717) is 11.3 Å². The van der Waals surface area contributed by atoms with Gasteiger partial charge in [0.05, 0.1) is 7.11 Å². The molecule has 0 bridgehead atoms. The van der Waals surface area contributed by atoms with Crippen LogP contribution < -0.4 is 4.74 Å². The average molecular weight is 220 g/mol. The van der Waals surface area contributed by atoms with Gasteiger partial charge in [-0.1, -0.05) is 12.1 Å². The van der Waals surface area contributed by atoms with E-state index >= 15 is 0 Å². The molecule has 0 spiro atoms. The summed E-state index contributed by atoms with van der Waals surface area (Å²) in [4.78, 5) is 22.2. The maximum Gasteiger partial charge on any atom is 0.328 e. The number of aliphatic carboxylic acids is 1. The third-order valence-corrected chi connectivity index (χ3v) is 2.03. The number of rotatable bonds is 4. The minimum Gasteiger partial charge on any atom is -0.497 e. The lowest BCUT2D eigenvalue weighted by atomic mass is 10.0. The predicted molar refractivity (Wildman–Crippen MR) is 58.7 cm³/mol. The molecule has 4 heteroatoms. The van der Waals surface area contributed by atoms with Gasteiger partial charge in [-0.25, -0.2) is 4.79 Å². The topological polar surface area (TPSA) is 63.6 Å². The highest BCUT2D eigenvalue weighted by atomic mass is 16.5. The van der Waals surface area contributed by atoms with Crippen molar-refractivity contribution < 1.29 is 19.4 Å². The van der Waals surface area contributed by atoms with Crippen molar-refractivity contribution in [2.75, 3.05) is 7.11 Å². The number of ketones is 1. The number of hydrogen-bond donors (Lipinski definition) is 1. The Labute approximate surface area is 93.2 Å². The van der Waals surface area contributed by atoms with Crippen LogP contribution in [-0.4, -0.2) is 24.0 Å². The Morgan fingerprint density at radius 3 is 2.62 bits per heavy atom. The summed E-state index contributed by atoms with van der Waals surface area (Å²) in [5.41, 5.74) is 0.593. The molecule has 0 radical (unpaired) electrons. The first-order valence-corrected chi connectivity index (χ1v) is 4.64. The van der Waals surface area contributed by atoms with E-state index in [1.807, 2.05) is 0 Å². The number of benzene rings is 1. The van der Waals surface area contributed by atoms with Gasteiger partial charge in [0, 0.05) is 17.2 Å². The number of carboxylic acid groups (broad SMARTS) is 1. The third kappa shape index (κ3) is 2.95. The maximum absolute atomic E-state index is 11.8. The van der Waals surface area contributed by atoms with E-state index in [4.69, 9.17) is 9.84 Å². The van der Waals surface area contributed by atoms with Crippen molar-refractivity contribution in [1.82, 2.24) is 0 Å². The van der Waals surface area contributed by atoms with Crippen LogP contribution in [0.4, 0.5) is 0 Å². The Kier molecular flexibility index (Phi) is 3.83. The summed E-state index contributed by atoms with van der Waals surface area (Å²) >= 11 is 0. The van der Waals surface area contributed by atoms with E-state index in [0.717, 1.165) is 6.08 Å². The minimum absolute atomic E-state index is 0.181. The van der Waals surface area contributed by atoms with Crippen LogP contribution in [0.2, 0.25) is 0 Å². The van der Waals surface area contributed by atoms with Gasteiger partial charge < -0.3 is 9.84 Å². The third-order valence-electron chi connectivity index (χ3n) is 2.03. The van der Waals surface area contributed by atoms with Crippen molar-refractivity contribution in [2.45, 2.75) is 6.92 Å². The zero-order chi connectivity index (χ0) is 12.1. The quantitative estimate of drug-likeness (QED) is 0.621. The molecule has 0 fully saturated rings. The standard InChI is InChI=1S/C12H12O4/c1-8(6-11(13)14)12(15)9-4-3-5-10(7-9)16-2/h3-7H,1-2H3,(H,13,14)/b8-6+. The summed E-state index contributed by atoms with van der Waals surface area (Å²) in [6, 6.07) is 6.58. The summed E-state index contributed by atoms with van der Waals surface area (Å²) in [7, 11) is 1.50. The number of carbonyl (C=O) groups is 2. The molecule has 4 nitrogen and oxygen atoms in total. The molecule has 84 valence electrons. The summed E-state index contributed by atoms with van der Waals surface area (Å²) in [6.07, 6.45) is 0.891. The van der Waals surface area contributed by atoms with Gasteiger partial charge >= 0.3 is 5.97 Å². The van der Waals surface area contributed by atoms with Gasteiger partial charge in [-0.2, -0.15) is 0 Å². The van der Waals surface area contributed by atoms with Crippen molar-refractivity contribution in [2.24, 2.45) is 0 Å². The lowest BCUT2D eigenvalue weighted by molar-refractivity contribution is -0.131. The van der Waals surface area contributed by atoms with Crippen molar-refractivity contribution in [1.29, 1.82) is 0 Å². The second-order valence-corrected chi connectivity index (χ2v) is 3.23. The summed E-state index contributed by atoms with van der Waals surface area (Å²) in [6.45, 7) is 1.47. The molecule has 0 unspecified atom stereocenters. The molecule has 1 rings (SSSR count). The Morgan fingerprint density at radius 2 is 2.06 bits per heavy atom. The molecule has 0 heterocycles. The van der Waals surface area contributed by atoms with Crippen LogP contribution >= 0.6 is 0 Å². The Morgan fingerprint density at radius 1 is 1.38 bits per heavy atom. The molecule has 1 aromatic carbocycles. The second kappa shape index (κ2) is 5.11. The van der Waals surface area contributed by atoms with Gasteiger partial charge in [0.15, 0.2) is 5.78 Å². The molecule has 0 aromatic heterocycles. The Bertz CT molecular complexity index is 446. The van der Waals surface area contributed by atoms with E-state index < -0.39 is 5.97 Å². The Balaban J connectivity index is 3.00. The fraction of sp³-hybridized carbons (Fsp3) is 0.167. The molecule has 1 N–H and O–H groups in total. The molecular formula is C12H12O4. The van der Waals surface area contributed by atoms with E-state index in [9.17, 15) is 9.59 Å². The zero-order valence-electron chi connectivity index (χ0n) is 9.06. The summed E-state index contributed by atoms with van der Waals surface area (Å²) < 4.78 is 4.98. The van der Waals surface area contributed by atoms with Gasteiger partial charge in [0.1, 0.15) is 5.75 Å². The molecule has 1 aromatic rings. The van der Waals surface area contributed by atoms with E-state index in [1.165, 1.54) is 14.0 Å². The van der Waals surface area contributed by atoms with Gasteiger partial charge in [-0.15, -0.1) is 0 Å². The highest BCUT2D eigenvalue weighted by Crippen LogP contribution is 2.15. The van der Waals surface area contributed by atoms with E-state index in [-0.39, 0.29) is 11.4 Å². The molecular weight excluding hydrogens is 208 g/mol. The normalized spacial score (nSPS) is 11.0. The van der Waals surface area contributed by atoms with Crippen molar-refractivity contribution in [3.05, 3.63) is 41.5 Å². The van der Waals surface area contributed by atoms with Crippen molar-refractivity contribution >= 4 is 11.8 Å². The van der Waals surface area contributed by atoms with Gasteiger partial charge in [0.2, 0.25) is 0 Å². The molecule has 0 saturated heterocycles. The number of methoxy groups -OCH3 is 1. The van der Waals surface area contributed by atoms with Crippen LogP contribution in [0.15, 0.2) is 35.9 Å². The predicted octanol–water partition coefficient (Wildman–Crippen LogP) is 1.91. The first-order valence-electron chi connectivity index (χ1n) is 4.64. The molecule has 0 atom stereocenters. The van der Waals surface area contributed by atoms with Crippen LogP contribution in [0, 0.1) is 0 Å². The SMILES string of the molecule is COc1cccc(C(=O)/C(C)=C/C(=O)O)c1. The van der Waals surface area contributed by atoms with Crippen LogP contribution in [0.1, 0.15) is 17.3 Å². The Hall–Kier alpha value is -2.10. The number of Topliss-reactive ketones (excluding diaryl/α,β-unsaturated/α-hetero) is 1. The minimum atomic E-state index is -1.13. The van der Waals surface area contributed by atoms with Crippen LogP contribution in [-0.2, 0) is 4.79 Å². The van der Waals surface area contributed by atoms with Crippen molar-refractivity contribution in [3.8, 4) is 5.75 Å². The number of ether oxygens (including phenoxy) is 1. The lowest BCUT2D eigenvalue weighted by Gasteiger charge is -2.03. The zero-order valence-corrected chi connectivity index (χ0v) is 9.06. The summed E-state index contributed by atoms with van der Waals surface area (Å²) in [5, 5.41) is 8.53. The molecule has 16 heavy (non-hydrogen) atoms. The first kappa shape index (κ1) is 12.0.